The maximum absolute atomic E-state index is 13.5. The Hall–Kier alpha value is -2.72. The fourth-order valence-corrected chi connectivity index (χ4v) is 1.67. The molecule has 0 saturated heterocycles. The van der Waals surface area contributed by atoms with Gasteiger partial charge in [-0.3, -0.25) is 0 Å². The third-order valence-corrected chi connectivity index (χ3v) is 2.51. The van der Waals surface area contributed by atoms with Crippen molar-refractivity contribution in [3.63, 3.8) is 0 Å². The summed E-state index contributed by atoms with van der Waals surface area (Å²) in [6, 6.07) is 12.0. The molecule has 86 valence electrons. The summed E-state index contributed by atoms with van der Waals surface area (Å²) in [4.78, 5) is 0. The molecule has 0 saturated carbocycles. The van der Waals surface area contributed by atoms with Gasteiger partial charge >= 0.3 is 0 Å². The van der Waals surface area contributed by atoms with Gasteiger partial charge in [0.25, 0.3) is 0 Å². The minimum absolute atomic E-state index is 0.237. The maximum atomic E-state index is 13.5. The molecule has 0 aliphatic carbocycles. The van der Waals surface area contributed by atoms with Gasteiger partial charge < -0.3 is 0 Å². The van der Waals surface area contributed by atoms with Gasteiger partial charge in [0.15, 0.2) is 0 Å². The number of nitrogens with zero attached hydrogens (tertiary/aromatic N) is 2. The highest BCUT2D eigenvalue weighted by Crippen LogP contribution is 2.26. The van der Waals surface area contributed by atoms with Gasteiger partial charge in [-0.15, -0.1) is 0 Å². The van der Waals surface area contributed by atoms with Crippen LogP contribution >= 0.6 is 0 Å². The number of hydrogen-bond acceptors (Lipinski definition) is 2. The van der Waals surface area contributed by atoms with Crippen molar-refractivity contribution in [2.75, 3.05) is 0 Å². The number of halogens is 2. The lowest BCUT2D eigenvalue weighted by atomic mass is 9.99. The van der Waals surface area contributed by atoms with E-state index in [1.165, 1.54) is 6.07 Å². The van der Waals surface area contributed by atoms with Gasteiger partial charge in [0, 0.05) is 0 Å². The summed E-state index contributed by atoms with van der Waals surface area (Å²) >= 11 is 0. The highest BCUT2D eigenvalue weighted by molar-refractivity contribution is 5.71. The summed E-state index contributed by atoms with van der Waals surface area (Å²) in [6.07, 6.45) is 0. The Morgan fingerprint density at radius 2 is 1.50 bits per heavy atom. The van der Waals surface area contributed by atoms with E-state index >= 15 is 0 Å². The predicted molar refractivity (Wildman–Crippen MR) is 61.2 cm³/mol. The normalized spacial score (nSPS) is 9.56. The van der Waals surface area contributed by atoms with Gasteiger partial charge in [0.1, 0.15) is 23.3 Å². The average Bonchev–Trinajstić information content (AvgIpc) is 2.38. The van der Waals surface area contributed by atoms with E-state index < -0.39 is 17.2 Å². The standard InChI is InChI=1S/C14H6F2N2/c15-13-5-10(6-14(16)12(13)8-18)11-4-2-1-3-9(11)7-17/h1-6H. The fourth-order valence-electron chi connectivity index (χ4n) is 1.67. The van der Waals surface area contributed by atoms with Gasteiger partial charge in [-0.1, -0.05) is 18.2 Å². The van der Waals surface area contributed by atoms with Crippen LogP contribution in [-0.4, -0.2) is 0 Å². The van der Waals surface area contributed by atoms with Gasteiger partial charge in [-0.2, -0.15) is 10.5 Å². The van der Waals surface area contributed by atoms with Crippen molar-refractivity contribution >= 4 is 0 Å². The molecule has 0 aromatic heterocycles. The SMILES string of the molecule is N#Cc1ccccc1-c1cc(F)c(C#N)c(F)c1. The second kappa shape index (κ2) is 4.65. The van der Waals surface area contributed by atoms with Crippen LogP contribution in [0.1, 0.15) is 11.1 Å². The molecule has 0 radical (unpaired) electrons. The van der Waals surface area contributed by atoms with Crippen molar-refractivity contribution in [3.8, 4) is 23.3 Å². The zero-order chi connectivity index (χ0) is 13.1. The first kappa shape index (κ1) is 11.8. The Kier molecular flexibility index (Phi) is 3.03. The van der Waals surface area contributed by atoms with E-state index in [9.17, 15) is 8.78 Å². The lowest BCUT2D eigenvalue weighted by Crippen LogP contribution is -1.93. The van der Waals surface area contributed by atoms with E-state index in [-0.39, 0.29) is 5.56 Å². The van der Waals surface area contributed by atoms with Crippen LogP contribution in [0.3, 0.4) is 0 Å². The Morgan fingerprint density at radius 3 is 2.06 bits per heavy atom. The second-order valence-corrected chi connectivity index (χ2v) is 3.58. The summed E-state index contributed by atoms with van der Waals surface area (Å²) < 4.78 is 27.0. The maximum Gasteiger partial charge on any atom is 0.144 e. The van der Waals surface area contributed by atoms with Crippen molar-refractivity contribution in [2.45, 2.75) is 0 Å². The molecular formula is C14H6F2N2. The average molecular weight is 240 g/mol. The van der Waals surface area contributed by atoms with E-state index in [0.29, 0.717) is 11.1 Å². The van der Waals surface area contributed by atoms with Crippen molar-refractivity contribution < 1.29 is 8.78 Å². The summed E-state index contributed by atoms with van der Waals surface area (Å²) in [5.74, 6) is -1.86. The second-order valence-electron chi connectivity index (χ2n) is 3.58. The molecule has 2 aromatic carbocycles. The van der Waals surface area contributed by atoms with Crippen LogP contribution in [0.4, 0.5) is 8.78 Å². The molecule has 0 bridgehead atoms. The molecule has 2 nitrogen and oxygen atoms in total. The quantitative estimate of drug-likeness (QED) is 0.767. The fraction of sp³-hybridized carbons (Fsp3) is 0. The van der Waals surface area contributed by atoms with Gasteiger partial charge in [0.2, 0.25) is 0 Å². The monoisotopic (exact) mass is 240 g/mol. The number of hydrogen-bond donors (Lipinski definition) is 0. The van der Waals surface area contributed by atoms with Gasteiger partial charge in [-0.05, 0) is 29.3 Å². The van der Waals surface area contributed by atoms with Crippen LogP contribution in [-0.2, 0) is 0 Å². The molecule has 0 atom stereocenters. The van der Waals surface area contributed by atoms with Gasteiger partial charge in [-0.25, -0.2) is 8.78 Å². The summed E-state index contributed by atoms with van der Waals surface area (Å²) in [7, 11) is 0. The minimum atomic E-state index is -0.930. The molecule has 0 spiro atoms. The van der Waals surface area contributed by atoms with E-state index in [1.54, 1.807) is 24.3 Å². The smallest absolute Gasteiger partial charge is 0.144 e. The first-order valence-electron chi connectivity index (χ1n) is 5.06. The topological polar surface area (TPSA) is 47.6 Å². The minimum Gasteiger partial charge on any atom is -0.205 e. The molecular weight excluding hydrogens is 234 g/mol. The highest BCUT2D eigenvalue weighted by Gasteiger charge is 2.13. The highest BCUT2D eigenvalue weighted by atomic mass is 19.1. The van der Waals surface area contributed by atoms with Gasteiger partial charge in [0.05, 0.1) is 11.6 Å². The molecule has 0 heterocycles. The Bertz CT molecular complexity index is 671. The molecule has 0 fully saturated rings. The van der Waals surface area contributed by atoms with Crippen LogP contribution < -0.4 is 0 Å². The first-order chi connectivity index (χ1) is 8.67. The molecule has 2 rings (SSSR count). The summed E-state index contributed by atoms with van der Waals surface area (Å²) in [5, 5.41) is 17.5. The molecule has 0 unspecified atom stereocenters. The number of nitriles is 2. The van der Waals surface area contributed by atoms with Crippen LogP contribution in [0.25, 0.3) is 11.1 Å². The van der Waals surface area contributed by atoms with Crippen molar-refractivity contribution in [2.24, 2.45) is 0 Å². The Labute approximate surface area is 102 Å². The van der Waals surface area contributed by atoms with E-state index in [4.69, 9.17) is 10.5 Å². The zero-order valence-electron chi connectivity index (χ0n) is 9.11. The van der Waals surface area contributed by atoms with Crippen molar-refractivity contribution in [1.29, 1.82) is 10.5 Å². The molecule has 0 aliphatic rings. The molecule has 0 amide bonds. The third-order valence-electron chi connectivity index (χ3n) is 2.51. The largest absolute Gasteiger partial charge is 0.205 e. The number of benzene rings is 2. The predicted octanol–water partition coefficient (Wildman–Crippen LogP) is 3.38. The van der Waals surface area contributed by atoms with Crippen LogP contribution in [0, 0.1) is 34.3 Å². The molecule has 2 aromatic rings. The van der Waals surface area contributed by atoms with E-state index in [2.05, 4.69) is 0 Å². The van der Waals surface area contributed by atoms with Crippen molar-refractivity contribution in [1.82, 2.24) is 0 Å². The summed E-state index contributed by atoms with van der Waals surface area (Å²) in [5.41, 5.74) is 0.373. The zero-order valence-corrected chi connectivity index (χ0v) is 9.11. The Morgan fingerprint density at radius 1 is 0.889 bits per heavy atom. The van der Waals surface area contributed by atoms with Crippen molar-refractivity contribution in [3.05, 3.63) is 59.2 Å². The molecule has 18 heavy (non-hydrogen) atoms. The van der Waals surface area contributed by atoms with Crippen LogP contribution in [0.15, 0.2) is 36.4 Å². The summed E-state index contributed by atoms with van der Waals surface area (Å²) in [6.45, 7) is 0. The van der Waals surface area contributed by atoms with E-state index in [1.807, 2.05) is 6.07 Å². The van der Waals surface area contributed by atoms with Crippen LogP contribution in [0.2, 0.25) is 0 Å². The molecule has 0 aliphatic heterocycles. The first-order valence-corrected chi connectivity index (χ1v) is 5.06. The lowest BCUT2D eigenvalue weighted by molar-refractivity contribution is 0.577. The molecule has 0 N–H and O–H groups in total. The Balaban J connectivity index is 2.68. The van der Waals surface area contributed by atoms with E-state index in [0.717, 1.165) is 12.1 Å². The lowest BCUT2D eigenvalue weighted by Gasteiger charge is -2.05. The van der Waals surface area contributed by atoms with Crippen LogP contribution in [0.5, 0.6) is 0 Å². The third kappa shape index (κ3) is 1.92. The number of rotatable bonds is 1. The molecule has 4 heteroatoms.